The minimum atomic E-state index is -2.32. The van der Waals surface area contributed by atoms with Crippen molar-refractivity contribution in [2.45, 2.75) is 0 Å². The predicted octanol–water partition coefficient (Wildman–Crippen LogP) is -0.776. The summed E-state index contributed by atoms with van der Waals surface area (Å²) in [6.45, 7) is 0. The third-order valence-corrected chi connectivity index (χ3v) is 1.98. The van der Waals surface area contributed by atoms with Crippen LogP contribution in [0.1, 0.15) is 0 Å². The Kier molecular flexibility index (Phi) is 2.68. The molecule has 0 rings (SSSR count). The highest BCUT2D eigenvalue weighted by Crippen LogP contribution is 2.23. The number of carbonyl (C=O) groups excluding carboxylic acids is 3. The average molecular weight is 165 g/mol. The van der Waals surface area contributed by atoms with Crippen molar-refractivity contribution < 1.29 is 14.4 Å². The van der Waals surface area contributed by atoms with Gasteiger partial charge in [0.2, 0.25) is 0 Å². The molecular weight excluding hydrogens is 158 g/mol. The first-order valence-corrected chi connectivity index (χ1v) is 3.49. The summed E-state index contributed by atoms with van der Waals surface area (Å²) in [5, 5.41) is -3.18. The minimum Gasteiger partial charge on any atom is -0.361 e. The Balaban J connectivity index is 4.43. The standard InChI is InChI=1S/C3H7N3O3S/c4-1(7)10(2(5)8)3(6)9/h10H,(H2,4,7)(H2,5,8)(H2,6,9). The summed E-state index contributed by atoms with van der Waals surface area (Å²) < 4.78 is 0. The molecule has 6 nitrogen and oxygen atoms in total. The second kappa shape index (κ2) is 3.06. The Hall–Kier alpha value is -1.24. The fraction of sp³-hybridized carbons (Fsp3) is 0. The van der Waals surface area contributed by atoms with Crippen molar-refractivity contribution in [1.82, 2.24) is 0 Å². The summed E-state index contributed by atoms with van der Waals surface area (Å²) in [5.41, 5.74) is 13.9. The first kappa shape index (κ1) is 8.76. The molecule has 0 unspecified atom stereocenters. The van der Waals surface area contributed by atoms with E-state index in [2.05, 4.69) is 17.2 Å². The van der Waals surface area contributed by atoms with E-state index in [1.54, 1.807) is 0 Å². The van der Waals surface area contributed by atoms with Crippen LogP contribution < -0.4 is 17.2 Å². The van der Waals surface area contributed by atoms with Gasteiger partial charge in [0.1, 0.15) is 0 Å². The van der Waals surface area contributed by atoms with Crippen molar-refractivity contribution in [3.05, 3.63) is 0 Å². The summed E-state index contributed by atoms with van der Waals surface area (Å²) >= 11 is 0. The van der Waals surface area contributed by atoms with Gasteiger partial charge in [-0.1, -0.05) is 0 Å². The van der Waals surface area contributed by atoms with Crippen LogP contribution in [0.2, 0.25) is 0 Å². The van der Waals surface area contributed by atoms with E-state index in [0.29, 0.717) is 0 Å². The summed E-state index contributed by atoms with van der Waals surface area (Å²) in [6.07, 6.45) is 0. The zero-order valence-electron chi connectivity index (χ0n) is 4.90. The largest absolute Gasteiger partial charge is 0.361 e. The third kappa shape index (κ3) is 1.94. The Morgan fingerprint density at radius 1 is 0.800 bits per heavy atom. The Bertz CT molecular complexity index is 158. The van der Waals surface area contributed by atoms with E-state index >= 15 is 0 Å². The van der Waals surface area contributed by atoms with Gasteiger partial charge in [0, 0.05) is 0 Å². The summed E-state index contributed by atoms with van der Waals surface area (Å²) in [6, 6.07) is 0. The van der Waals surface area contributed by atoms with Crippen molar-refractivity contribution in [3.8, 4) is 0 Å². The maximum atomic E-state index is 10.2. The molecule has 0 spiro atoms. The molecule has 58 valence electrons. The molecule has 0 aromatic rings. The van der Waals surface area contributed by atoms with Crippen molar-refractivity contribution in [3.63, 3.8) is 0 Å². The van der Waals surface area contributed by atoms with Gasteiger partial charge in [-0.2, -0.15) is 0 Å². The Morgan fingerprint density at radius 3 is 1.00 bits per heavy atom. The molecule has 0 aliphatic heterocycles. The van der Waals surface area contributed by atoms with Gasteiger partial charge >= 0.3 is 0 Å². The maximum Gasteiger partial charge on any atom is 0.272 e. The van der Waals surface area contributed by atoms with Crippen LogP contribution in [-0.2, 0) is 0 Å². The van der Waals surface area contributed by atoms with Gasteiger partial charge < -0.3 is 17.2 Å². The number of rotatable bonds is 0. The van der Waals surface area contributed by atoms with E-state index < -0.39 is 26.6 Å². The molecule has 0 saturated carbocycles. The summed E-state index contributed by atoms with van der Waals surface area (Å²) in [4.78, 5) is 30.7. The zero-order valence-corrected chi connectivity index (χ0v) is 5.80. The molecule has 6 N–H and O–H groups in total. The molecule has 10 heavy (non-hydrogen) atoms. The zero-order chi connectivity index (χ0) is 8.31. The van der Waals surface area contributed by atoms with Crippen LogP contribution >= 0.6 is 10.9 Å². The number of carbonyl (C=O) groups is 3. The highest BCUT2D eigenvalue weighted by atomic mass is 32.2. The van der Waals surface area contributed by atoms with E-state index in [9.17, 15) is 14.4 Å². The minimum absolute atomic E-state index is 1.06. The number of primary amides is 3. The molecule has 0 bridgehead atoms. The van der Waals surface area contributed by atoms with Crippen LogP contribution in [0.4, 0.5) is 14.4 Å². The number of hydrogen-bond acceptors (Lipinski definition) is 3. The van der Waals surface area contributed by atoms with Crippen LogP contribution in [0.15, 0.2) is 0 Å². The van der Waals surface area contributed by atoms with Crippen LogP contribution in [-0.4, -0.2) is 15.7 Å². The first-order chi connectivity index (χ1) is 4.46. The van der Waals surface area contributed by atoms with Crippen molar-refractivity contribution in [2.75, 3.05) is 0 Å². The van der Waals surface area contributed by atoms with Crippen LogP contribution in [0, 0.1) is 0 Å². The van der Waals surface area contributed by atoms with E-state index in [1.807, 2.05) is 0 Å². The van der Waals surface area contributed by atoms with Gasteiger partial charge in [-0.3, -0.25) is 14.4 Å². The molecule has 3 amide bonds. The Labute approximate surface area is 59.1 Å². The number of hydrogen-bond donors (Lipinski definition) is 4. The molecule has 0 saturated heterocycles. The van der Waals surface area contributed by atoms with E-state index in [-0.39, 0.29) is 0 Å². The fourth-order valence-electron chi connectivity index (χ4n) is 0.326. The lowest BCUT2D eigenvalue weighted by Crippen LogP contribution is -2.28. The van der Waals surface area contributed by atoms with Gasteiger partial charge in [-0.05, 0) is 10.9 Å². The third-order valence-electron chi connectivity index (χ3n) is 0.661. The topological polar surface area (TPSA) is 129 Å². The number of thiol groups is 1. The lowest BCUT2D eigenvalue weighted by atomic mass is 11.4. The van der Waals surface area contributed by atoms with Crippen LogP contribution in [0.3, 0.4) is 0 Å². The molecular formula is C3H7N3O3S. The molecule has 0 atom stereocenters. The molecule has 0 heterocycles. The highest BCUT2D eigenvalue weighted by Gasteiger charge is 2.22. The van der Waals surface area contributed by atoms with Crippen molar-refractivity contribution in [1.29, 1.82) is 0 Å². The molecule has 0 aromatic heterocycles. The number of nitrogens with two attached hydrogens (primary N) is 3. The number of amides is 3. The predicted molar refractivity (Wildman–Crippen MR) is 37.7 cm³/mol. The molecule has 0 aliphatic rings. The molecule has 0 fully saturated rings. The van der Waals surface area contributed by atoms with Gasteiger partial charge in [0.25, 0.3) is 15.7 Å². The van der Waals surface area contributed by atoms with Crippen LogP contribution in [0.25, 0.3) is 0 Å². The molecule has 0 aliphatic carbocycles. The van der Waals surface area contributed by atoms with Gasteiger partial charge in [-0.15, -0.1) is 0 Å². The van der Waals surface area contributed by atoms with E-state index in [4.69, 9.17) is 0 Å². The molecule has 0 radical (unpaired) electrons. The summed E-state index contributed by atoms with van der Waals surface area (Å²) in [5.74, 6) is 0. The lowest BCUT2D eigenvalue weighted by molar-refractivity contribution is 0.261. The SMILES string of the molecule is NC(=O)[SH](C(N)=O)C(N)=O. The van der Waals surface area contributed by atoms with Gasteiger partial charge in [0.15, 0.2) is 0 Å². The monoisotopic (exact) mass is 165 g/mol. The van der Waals surface area contributed by atoms with Gasteiger partial charge in [-0.25, -0.2) is 0 Å². The smallest absolute Gasteiger partial charge is 0.272 e. The normalized spacial score (nSPS) is 10.2. The Morgan fingerprint density at radius 2 is 1.00 bits per heavy atom. The molecule has 7 heteroatoms. The lowest BCUT2D eigenvalue weighted by Gasteiger charge is -2.06. The maximum absolute atomic E-state index is 10.2. The van der Waals surface area contributed by atoms with Crippen LogP contribution in [0.5, 0.6) is 0 Å². The van der Waals surface area contributed by atoms with Gasteiger partial charge in [0.05, 0.1) is 0 Å². The van der Waals surface area contributed by atoms with Crippen molar-refractivity contribution in [2.24, 2.45) is 17.2 Å². The van der Waals surface area contributed by atoms with E-state index in [0.717, 1.165) is 0 Å². The highest BCUT2D eigenvalue weighted by molar-refractivity contribution is 8.51. The summed E-state index contributed by atoms with van der Waals surface area (Å²) in [7, 11) is -2.32. The average Bonchev–Trinajstić information content (AvgIpc) is 1.59. The second-order valence-electron chi connectivity index (χ2n) is 1.35. The van der Waals surface area contributed by atoms with E-state index in [1.165, 1.54) is 0 Å². The van der Waals surface area contributed by atoms with Crippen molar-refractivity contribution >= 4 is 26.6 Å². The molecule has 0 aromatic carbocycles. The first-order valence-electron chi connectivity index (χ1n) is 2.15. The fourth-order valence-corrected chi connectivity index (χ4v) is 0.977. The second-order valence-corrected chi connectivity index (χ2v) is 3.34. The quantitative estimate of drug-likeness (QED) is 0.351.